The third kappa shape index (κ3) is 2.56. The van der Waals surface area contributed by atoms with Crippen LogP contribution in [0.25, 0.3) is 0 Å². The molecule has 0 spiro atoms. The highest BCUT2D eigenvalue weighted by molar-refractivity contribution is 5.84. The van der Waals surface area contributed by atoms with E-state index in [1.54, 1.807) is 0 Å². The fourth-order valence-corrected chi connectivity index (χ4v) is 2.94. The second-order valence-corrected chi connectivity index (χ2v) is 5.58. The van der Waals surface area contributed by atoms with E-state index in [1.165, 1.54) is 0 Å². The molecule has 0 saturated carbocycles. The number of hydrogen-bond donors (Lipinski definition) is 2. The van der Waals surface area contributed by atoms with Crippen LogP contribution in [0.15, 0.2) is 43.0 Å². The summed E-state index contributed by atoms with van der Waals surface area (Å²) in [5.74, 6) is -0.286. The number of carbonyl (C=O) groups is 1. The summed E-state index contributed by atoms with van der Waals surface area (Å²) >= 11 is 0. The molecular formula is C15H20N5O+. The monoisotopic (exact) mass is 286 g/mol. The van der Waals surface area contributed by atoms with E-state index >= 15 is 0 Å². The van der Waals surface area contributed by atoms with Gasteiger partial charge in [-0.1, -0.05) is 0 Å². The maximum atomic E-state index is 11.8. The van der Waals surface area contributed by atoms with Crippen molar-refractivity contribution < 1.29 is 9.36 Å². The Bertz CT molecular complexity index is 648. The van der Waals surface area contributed by atoms with Crippen molar-refractivity contribution in [2.45, 2.75) is 18.5 Å². The van der Waals surface area contributed by atoms with E-state index in [-0.39, 0.29) is 18.0 Å². The molecule has 6 nitrogen and oxygen atoms in total. The van der Waals surface area contributed by atoms with Crippen LogP contribution in [0.3, 0.4) is 0 Å². The molecule has 1 aromatic heterocycles. The van der Waals surface area contributed by atoms with E-state index in [1.807, 2.05) is 54.6 Å². The molecule has 6 heteroatoms. The minimum Gasteiger partial charge on any atom is -0.399 e. The predicted molar refractivity (Wildman–Crippen MR) is 80.4 cm³/mol. The van der Waals surface area contributed by atoms with Crippen molar-refractivity contribution in [3.8, 4) is 0 Å². The smallest absolute Gasteiger partial charge is 0.243 e. The SMILES string of the molecule is C[n+]1ccn(C2CC(C(N)=O)N(c3ccc(N)cc3)C2)c1. The number of benzene rings is 1. The van der Waals surface area contributed by atoms with E-state index in [2.05, 4.69) is 9.47 Å². The molecule has 1 aliphatic rings. The molecule has 2 atom stereocenters. The zero-order valence-corrected chi connectivity index (χ0v) is 12.0. The van der Waals surface area contributed by atoms with E-state index in [0.29, 0.717) is 12.1 Å². The Morgan fingerprint density at radius 1 is 1.33 bits per heavy atom. The van der Waals surface area contributed by atoms with Gasteiger partial charge in [0, 0.05) is 17.8 Å². The summed E-state index contributed by atoms with van der Waals surface area (Å²) in [4.78, 5) is 13.8. The van der Waals surface area contributed by atoms with Crippen molar-refractivity contribution in [1.82, 2.24) is 4.57 Å². The molecule has 2 unspecified atom stereocenters. The molecule has 21 heavy (non-hydrogen) atoms. The first-order valence-electron chi connectivity index (χ1n) is 6.99. The number of rotatable bonds is 3. The van der Waals surface area contributed by atoms with Gasteiger partial charge in [-0.15, -0.1) is 0 Å². The van der Waals surface area contributed by atoms with Crippen molar-refractivity contribution in [2.24, 2.45) is 12.8 Å². The fourth-order valence-electron chi connectivity index (χ4n) is 2.94. The molecule has 2 aromatic rings. The highest BCUT2D eigenvalue weighted by Gasteiger charge is 2.38. The lowest BCUT2D eigenvalue weighted by atomic mass is 10.1. The largest absolute Gasteiger partial charge is 0.399 e. The van der Waals surface area contributed by atoms with Crippen molar-refractivity contribution >= 4 is 17.3 Å². The zero-order chi connectivity index (χ0) is 15.0. The van der Waals surface area contributed by atoms with E-state index in [0.717, 1.165) is 12.2 Å². The number of hydrogen-bond acceptors (Lipinski definition) is 3. The highest BCUT2D eigenvalue weighted by atomic mass is 16.1. The van der Waals surface area contributed by atoms with E-state index in [4.69, 9.17) is 11.5 Å². The molecule has 3 rings (SSSR count). The van der Waals surface area contributed by atoms with Gasteiger partial charge in [0.25, 0.3) is 0 Å². The number of primary amides is 1. The summed E-state index contributed by atoms with van der Waals surface area (Å²) in [5, 5.41) is 0. The van der Waals surface area contributed by atoms with Gasteiger partial charge in [-0.05, 0) is 24.3 Å². The Morgan fingerprint density at radius 2 is 2.05 bits per heavy atom. The van der Waals surface area contributed by atoms with Crippen LogP contribution in [-0.4, -0.2) is 23.1 Å². The number of nitrogens with zero attached hydrogens (tertiary/aromatic N) is 3. The van der Waals surface area contributed by atoms with Gasteiger partial charge in [-0.3, -0.25) is 4.79 Å². The van der Waals surface area contributed by atoms with Crippen LogP contribution in [0.2, 0.25) is 0 Å². The first kappa shape index (κ1) is 13.5. The van der Waals surface area contributed by atoms with E-state index < -0.39 is 0 Å². The Labute approximate surface area is 123 Å². The number of amides is 1. The minimum atomic E-state index is -0.286. The maximum absolute atomic E-state index is 11.8. The van der Waals surface area contributed by atoms with Crippen molar-refractivity contribution in [1.29, 1.82) is 0 Å². The number of nitrogens with two attached hydrogens (primary N) is 2. The highest BCUT2D eigenvalue weighted by Crippen LogP contribution is 2.32. The number of anilines is 2. The third-order valence-electron chi connectivity index (χ3n) is 4.04. The van der Waals surface area contributed by atoms with Crippen molar-refractivity contribution in [3.05, 3.63) is 43.0 Å². The summed E-state index contributed by atoms with van der Waals surface area (Å²) in [7, 11) is 1.98. The van der Waals surface area contributed by atoms with Gasteiger partial charge in [0.05, 0.1) is 13.6 Å². The summed E-state index contributed by atoms with van der Waals surface area (Å²) < 4.78 is 4.12. The molecule has 1 amide bonds. The number of imidazole rings is 1. The quantitative estimate of drug-likeness (QED) is 0.625. The normalized spacial score (nSPS) is 21.7. The molecule has 110 valence electrons. The summed E-state index contributed by atoms with van der Waals surface area (Å²) in [6.07, 6.45) is 6.75. The standard InChI is InChI=1S/C15H19N5O/c1-18-6-7-19(10-18)13-8-14(15(17)21)20(9-13)12-4-2-11(16)3-5-12/h2-7,10,13-14H,8-9,16H2,1H3,(H-,17,21)/p+1. The Hall–Kier alpha value is -2.50. The number of aryl methyl sites for hydroxylation is 1. The zero-order valence-electron chi connectivity index (χ0n) is 12.0. The molecule has 0 aliphatic carbocycles. The topological polar surface area (TPSA) is 81.2 Å². The van der Waals surface area contributed by atoms with Crippen LogP contribution in [0.1, 0.15) is 12.5 Å². The van der Waals surface area contributed by atoms with Gasteiger partial charge in [0.2, 0.25) is 12.2 Å². The van der Waals surface area contributed by atoms with Crippen molar-refractivity contribution in [2.75, 3.05) is 17.2 Å². The number of nitrogen functional groups attached to an aromatic ring is 1. The lowest BCUT2D eigenvalue weighted by Crippen LogP contribution is -2.40. The molecule has 1 aromatic carbocycles. The van der Waals surface area contributed by atoms with Crippen LogP contribution in [0.4, 0.5) is 11.4 Å². The van der Waals surface area contributed by atoms with Crippen LogP contribution < -0.4 is 20.9 Å². The molecule has 2 heterocycles. The summed E-state index contributed by atoms with van der Waals surface area (Å²) in [6, 6.07) is 7.51. The molecule has 0 bridgehead atoms. The molecule has 1 fully saturated rings. The van der Waals surface area contributed by atoms with Crippen LogP contribution in [0.5, 0.6) is 0 Å². The predicted octanol–water partition coefficient (Wildman–Crippen LogP) is 0.200. The van der Waals surface area contributed by atoms with Crippen LogP contribution in [-0.2, 0) is 11.8 Å². The maximum Gasteiger partial charge on any atom is 0.243 e. The van der Waals surface area contributed by atoms with Gasteiger partial charge >= 0.3 is 0 Å². The molecule has 1 saturated heterocycles. The first-order chi connectivity index (χ1) is 10.0. The third-order valence-corrected chi connectivity index (χ3v) is 4.04. The van der Waals surface area contributed by atoms with E-state index in [9.17, 15) is 4.79 Å². The second kappa shape index (κ2) is 5.12. The van der Waals surface area contributed by atoms with Gasteiger partial charge < -0.3 is 16.4 Å². The first-order valence-corrected chi connectivity index (χ1v) is 6.99. The minimum absolute atomic E-state index is 0.237. The van der Waals surface area contributed by atoms with Crippen molar-refractivity contribution in [3.63, 3.8) is 0 Å². The number of carbonyl (C=O) groups excluding carboxylic acids is 1. The lowest BCUT2D eigenvalue weighted by Gasteiger charge is -2.23. The lowest BCUT2D eigenvalue weighted by molar-refractivity contribution is -0.671. The number of aromatic nitrogens is 2. The van der Waals surface area contributed by atoms with Gasteiger partial charge in [-0.2, -0.15) is 0 Å². The Kier molecular flexibility index (Phi) is 3.29. The average Bonchev–Trinajstić information content (AvgIpc) is 3.05. The summed E-state index contributed by atoms with van der Waals surface area (Å²) in [6.45, 7) is 0.756. The van der Waals surface area contributed by atoms with Crippen LogP contribution in [0, 0.1) is 0 Å². The summed E-state index contributed by atoms with van der Waals surface area (Å²) in [5.41, 5.74) is 13.0. The second-order valence-electron chi connectivity index (χ2n) is 5.58. The molecule has 1 aliphatic heterocycles. The molecular weight excluding hydrogens is 266 g/mol. The Balaban J connectivity index is 1.88. The van der Waals surface area contributed by atoms with Gasteiger partial charge in [0.15, 0.2) is 0 Å². The average molecular weight is 286 g/mol. The van der Waals surface area contributed by atoms with Gasteiger partial charge in [0.1, 0.15) is 24.5 Å². The fraction of sp³-hybridized carbons (Fsp3) is 0.333. The Morgan fingerprint density at radius 3 is 2.62 bits per heavy atom. The molecule has 4 N–H and O–H groups in total. The molecule has 0 radical (unpaired) electrons. The van der Waals surface area contributed by atoms with Crippen LogP contribution >= 0.6 is 0 Å². The van der Waals surface area contributed by atoms with Gasteiger partial charge in [-0.25, -0.2) is 9.13 Å².